The first-order chi connectivity index (χ1) is 6.80. The van der Waals surface area contributed by atoms with Crippen molar-refractivity contribution in [3.8, 4) is 5.75 Å². The van der Waals surface area contributed by atoms with Gasteiger partial charge in [-0.05, 0) is 30.1 Å². The Balaban J connectivity index is 2.65. The minimum atomic E-state index is 0.919. The van der Waals surface area contributed by atoms with Gasteiger partial charge < -0.3 is 4.74 Å². The molecule has 0 atom stereocenters. The minimum absolute atomic E-state index is 0.919. The molecule has 78 valence electrons. The van der Waals surface area contributed by atoms with Gasteiger partial charge in [0.15, 0.2) is 0 Å². The summed E-state index contributed by atoms with van der Waals surface area (Å²) in [5.74, 6) is 0.919. The second kappa shape index (κ2) is 5.94. The van der Waals surface area contributed by atoms with Crippen LogP contribution in [0.5, 0.6) is 5.75 Å². The molecule has 0 heterocycles. The van der Waals surface area contributed by atoms with E-state index in [2.05, 4.69) is 30.3 Å². The highest BCUT2D eigenvalue weighted by Crippen LogP contribution is 2.25. The van der Waals surface area contributed by atoms with Gasteiger partial charge in [-0.25, -0.2) is 4.31 Å². The highest BCUT2D eigenvalue weighted by molar-refractivity contribution is 7.97. The number of rotatable bonds is 5. The average Bonchev–Trinajstić information content (AvgIpc) is 2.26. The fraction of sp³-hybridized carbons (Fsp3) is 0.455. The van der Waals surface area contributed by atoms with Crippen LogP contribution in [0.3, 0.4) is 0 Å². The predicted molar refractivity (Wildman–Crippen MR) is 61.8 cm³/mol. The van der Waals surface area contributed by atoms with Crippen molar-refractivity contribution in [2.75, 3.05) is 20.2 Å². The van der Waals surface area contributed by atoms with Crippen molar-refractivity contribution < 1.29 is 4.74 Å². The number of methoxy groups -OCH3 is 1. The lowest BCUT2D eigenvalue weighted by Crippen LogP contribution is -2.13. The maximum absolute atomic E-state index is 5.17. The number of benzene rings is 1. The van der Waals surface area contributed by atoms with E-state index in [0.717, 1.165) is 18.8 Å². The molecule has 0 N–H and O–H groups in total. The van der Waals surface area contributed by atoms with E-state index >= 15 is 0 Å². The number of hydrogen-bond donors (Lipinski definition) is 0. The fourth-order valence-corrected chi connectivity index (χ4v) is 2.02. The Kier molecular flexibility index (Phi) is 4.84. The summed E-state index contributed by atoms with van der Waals surface area (Å²) in [6.45, 7) is 6.43. The largest absolute Gasteiger partial charge is 0.497 e. The molecule has 2 nitrogen and oxygen atoms in total. The van der Waals surface area contributed by atoms with Gasteiger partial charge in [0, 0.05) is 18.0 Å². The Labute approximate surface area is 90.4 Å². The van der Waals surface area contributed by atoms with Crippen molar-refractivity contribution in [1.82, 2.24) is 4.31 Å². The van der Waals surface area contributed by atoms with E-state index in [0.29, 0.717) is 0 Å². The molecule has 0 aliphatic heterocycles. The zero-order chi connectivity index (χ0) is 10.4. The molecule has 1 aromatic carbocycles. The molecular formula is C11H17NOS. The highest BCUT2D eigenvalue weighted by Gasteiger charge is 2.02. The Hall–Kier alpha value is -0.670. The lowest BCUT2D eigenvalue weighted by Gasteiger charge is -2.16. The second-order valence-electron chi connectivity index (χ2n) is 2.88. The van der Waals surface area contributed by atoms with E-state index in [4.69, 9.17) is 4.74 Å². The second-order valence-corrected chi connectivity index (χ2v) is 4.05. The van der Waals surface area contributed by atoms with Crippen molar-refractivity contribution in [3.05, 3.63) is 24.3 Å². The fourth-order valence-electron chi connectivity index (χ4n) is 1.16. The van der Waals surface area contributed by atoms with Gasteiger partial charge in [-0.2, -0.15) is 0 Å². The highest BCUT2D eigenvalue weighted by atomic mass is 32.2. The Morgan fingerprint density at radius 1 is 1.29 bits per heavy atom. The van der Waals surface area contributed by atoms with Crippen LogP contribution in [0.15, 0.2) is 29.2 Å². The SMILES string of the molecule is CCN(CC)Sc1cccc(OC)c1. The van der Waals surface area contributed by atoms with E-state index in [1.165, 1.54) is 4.90 Å². The van der Waals surface area contributed by atoms with Crippen LogP contribution in [0.2, 0.25) is 0 Å². The van der Waals surface area contributed by atoms with Gasteiger partial charge in [0.25, 0.3) is 0 Å². The summed E-state index contributed by atoms with van der Waals surface area (Å²) in [5.41, 5.74) is 0. The maximum atomic E-state index is 5.17. The third kappa shape index (κ3) is 3.24. The van der Waals surface area contributed by atoms with E-state index in [-0.39, 0.29) is 0 Å². The van der Waals surface area contributed by atoms with E-state index in [9.17, 15) is 0 Å². The average molecular weight is 211 g/mol. The number of ether oxygens (including phenoxy) is 1. The van der Waals surface area contributed by atoms with Crippen LogP contribution >= 0.6 is 11.9 Å². The summed E-state index contributed by atoms with van der Waals surface area (Å²) in [7, 11) is 1.70. The van der Waals surface area contributed by atoms with E-state index in [1.54, 1.807) is 19.1 Å². The molecule has 0 saturated heterocycles. The van der Waals surface area contributed by atoms with Crippen LogP contribution in [0.25, 0.3) is 0 Å². The molecule has 0 fully saturated rings. The van der Waals surface area contributed by atoms with Gasteiger partial charge in [0.05, 0.1) is 7.11 Å². The molecule has 0 spiro atoms. The van der Waals surface area contributed by atoms with Gasteiger partial charge >= 0.3 is 0 Å². The van der Waals surface area contributed by atoms with Crippen molar-refractivity contribution in [3.63, 3.8) is 0 Å². The van der Waals surface area contributed by atoms with Gasteiger partial charge in [0.1, 0.15) is 5.75 Å². The Morgan fingerprint density at radius 2 is 2.00 bits per heavy atom. The minimum Gasteiger partial charge on any atom is -0.497 e. The standard InChI is InChI=1S/C11H17NOS/c1-4-12(5-2)14-11-8-6-7-10(9-11)13-3/h6-9H,4-5H2,1-3H3. The molecule has 0 unspecified atom stereocenters. The molecule has 0 bridgehead atoms. The van der Waals surface area contributed by atoms with E-state index in [1.807, 2.05) is 12.1 Å². The van der Waals surface area contributed by atoms with Crippen molar-refractivity contribution in [1.29, 1.82) is 0 Å². The molecule has 1 rings (SSSR count). The summed E-state index contributed by atoms with van der Waals surface area (Å²) in [4.78, 5) is 1.23. The summed E-state index contributed by atoms with van der Waals surface area (Å²) in [6.07, 6.45) is 0. The third-order valence-electron chi connectivity index (χ3n) is 1.98. The normalized spacial score (nSPS) is 10.6. The summed E-state index contributed by atoms with van der Waals surface area (Å²) < 4.78 is 7.47. The lowest BCUT2D eigenvalue weighted by atomic mass is 10.3. The van der Waals surface area contributed by atoms with Crippen LogP contribution < -0.4 is 4.74 Å². The summed E-state index contributed by atoms with van der Waals surface area (Å²) in [6, 6.07) is 8.14. The molecule has 0 amide bonds. The Morgan fingerprint density at radius 3 is 2.57 bits per heavy atom. The molecule has 0 aromatic heterocycles. The molecule has 0 aliphatic carbocycles. The van der Waals surface area contributed by atoms with Crippen LogP contribution in [-0.4, -0.2) is 24.5 Å². The van der Waals surface area contributed by atoms with Crippen LogP contribution in [0.4, 0.5) is 0 Å². The first kappa shape index (κ1) is 11.4. The third-order valence-corrected chi connectivity index (χ3v) is 3.22. The molecule has 0 aliphatic rings. The van der Waals surface area contributed by atoms with Crippen molar-refractivity contribution >= 4 is 11.9 Å². The molecule has 14 heavy (non-hydrogen) atoms. The van der Waals surface area contributed by atoms with Crippen LogP contribution in [0.1, 0.15) is 13.8 Å². The monoisotopic (exact) mass is 211 g/mol. The maximum Gasteiger partial charge on any atom is 0.120 e. The van der Waals surface area contributed by atoms with Crippen LogP contribution in [0, 0.1) is 0 Å². The van der Waals surface area contributed by atoms with Gasteiger partial charge in [-0.15, -0.1) is 0 Å². The summed E-state index contributed by atoms with van der Waals surface area (Å²) in [5, 5.41) is 0. The number of nitrogens with zero attached hydrogens (tertiary/aromatic N) is 1. The first-order valence-corrected chi connectivity index (χ1v) is 5.64. The lowest BCUT2D eigenvalue weighted by molar-refractivity contribution is 0.413. The quantitative estimate of drug-likeness (QED) is 0.695. The van der Waals surface area contributed by atoms with E-state index < -0.39 is 0 Å². The van der Waals surface area contributed by atoms with Gasteiger partial charge in [-0.1, -0.05) is 19.9 Å². The zero-order valence-electron chi connectivity index (χ0n) is 8.99. The van der Waals surface area contributed by atoms with Gasteiger partial charge in [0.2, 0.25) is 0 Å². The van der Waals surface area contributed by atoms with Crippen LogP contribution in [-0.2, 0) is 0 Å². The molecular weight excluding hydrogens is 194 g/mol. The molecule has 0 saturated carbocycles. The zero-order valence-corrected chi connectivity index (χ0v) is 9.80. The van der Waals surface area contributed by atoms with Crippen molar-refractivity contribution in [2.45, 2.75) is 18.7 Å². The molecule has 0 radical (unpaired) electrons. The summed E-state index contributed by atoms with van der Waals surface area (Å²) >= 11 is 1.77. The van der Waals surface area contributed by atoms with Gasteiger partial charge in [-0.3, -0.25) is 0 Å². The Bertz CT molecular complexity index is 274. The molecule has 3 heteroatoms. The topological polar surface area (TPSA) is 12.5 Å². The smallest absolute Gasteiger partial charge is 0.120 e. The molecule has 1 aromatic rings. The predicted octanol–water partition coefficient (Wildman–Crippen LogP) is 3.04. The number of hydrogen-bond acceptors (Lipinski definition) is 3. The van der Waals surface area contributed by atoms with Crippen molar-refractivity contribution in [2.24, 2.45) is 0 Å². The first-order valence-electron chi connectivity index (χ1n) is 4.87.